The summed E-state index contributed by atoms with van der Waals surface area (Å²) in [5.41, 5.74) is 2.36. The molecule has 0 bridgehead atoms. The molecule has 16 heavy (non-hydrogen) atoms. The number of anilines is 1. The third-order valence-electron chi connectivity index (χ3n) is 2.15. The first-order valence-electron chi connectivity index (χ1n) is 5.04. The van der Waals surface area contributed by atoms with E-state index in [2.05, 4.69) is 14.1 Å². The maximum atomic E-state index is 13.3. The van der Waals surface area contributed by atoms with Crippen LogP contribution in [0.5, 0.6) is 0 Å². The molecule has 0 aliphatic rings. The Morgan fingerprint density at radius 3 is 2.81 bits per heavy atom. The number of nitrogens with one attached hydrogen (secondary N) is 1. The number of aromatic nitrogens is 2. The van der Waals surface area contributed by atoms with Crippen LogP contribution in [0.25, 0.3) is 11.3 Å². The minimum Gasteiger partial charge on any atom is -0.368 e. The smallest absolute Gasteiger partial charge is 0.168 e. The van der Waals surface area contributed by atoms with E-state index in [4.69, 9.17) is 0 Å². The van der Waals surface area contributed by atoms with Gasteiger partial charge in [0.25, 0.3) is 0 Å². The highest BCUT2D eigenvalue weighted by molar-refractivity contribution is 6.99. The minimum atomic E-state index is -0.245. The standard InChI is InChI=1S/C11H12FN3S/c1-3-13-11-10(14-16-15-11)8-4-7(2)5-9(12)6-8/h4-6H,3H2,1-2H3,(H,13,15). The van der Waals surface area contributed by atoms with Crippen molar-refractivity contribution in [1.82, 2.24) is 8.75 Å². The van der Waals surface area contributed by atoms with E-state index < -0.39 is 0 Å². The maximum Gasteiger partial charge on any atom is 0.168 e. The van der Waals surface area contributed by atoms with Crippen LogP contribution in [0, 0.1) is 12.7 Å². The largest absolute Gasteiger partial charge is 0.368 e. The van der Waals surface area contributed by atoms with Gasteiger partial charge in [-0.1, -0.05) is 0 Å². The molecule has 1 heterocycles. The molecule has 0 spiro atoms. The van der Waals surface area contributed by atoms with Crippen LogP contribution in [0.4, 0.5) is 10.2 Å². The lowest BCUT2D eigenvalue weighted by atomic mass is 10.1. The van der Waals surface area contributed by atoms with E-state index in [1.54, 1.807) is 0 Å². The summed E-state index contributed by atoms with van der Waals surface area (Å²) in [6.45, 7) is 4.62. The molecule has 3 nitrogen and oxygen atoms in total. The number of halogens is 1. The van der Waals surface area contributed by atoms with Crippen LogP contribution in [0.15, 0.2) is 18.2 Å². The van der Waals surface area contributed by atoms with Gasteiger partial charge in [-0.25, -0.2) is 4.39 Å². The van der Waals surface area contributed by atoms with Crippen LogP contribution in [0.3, 0.4) is 0 Å². The quantitative estimate of drug-likeness (QED) is 0.891. The highest BCUT2D eigenvalue weighted by Gasteiger charge is 2.10. The monoisotopic (exact) mass is 237 g/mol. The molecular formula is C11H12FN3S. The molecule has 2 aromatic rings. The molecule has 2 rings (SSSR count). The predicted molar refractivity (Wildman–Crippen MR) is 64.2 cm³/mol. The van der Waals surface area contributed by atoms with E-state index in [1.165, 1.54) is 12.1 Å². The van der Waals surface area contributed by atoms with Crippen LogP contribution >= 0.6 is 11.7 Å². The van der Waals surface area contributed by atoms with Gasteiger partial charge < -0.3 is 5.32 Å². The van der Waals surface area contributed by atoms with Crippen LogP contribution < -0.4 is 5.32 Å². The maximum absolute atomic E-state index is 13.3. The number of aryl methyl sites for hydroxylation is 1. The van der Waals surface area contributed by atoms with Crippen molar-refractivity contribution in [3.63, 3.8) is 0 Å². The molecule has 0 saturated carbocycles. The predicted octanol–water partition coefficient (Wildman–Crippen LogP) is 3.08. The Morgan fingerprint density at radius 1 is 1.31 bits per heavy atom. The molecule has 0 aliphatic carbocycles. The van der Waals surface area contributed by atoms with Crippen LogP contribution in [-0.2, 0) is 0 Å². The van der Waals surface area contributed by atoms with Gasteiger partial charge in [-0.05, 0) is 37.6 Å². The zero-order valence-electron chi connectivity index (χ0n) is 9.12. The summed E-state index contributed by atoms with van der Waals surface area (Å²) in [5.74, 6) is 0.475. The molecule has 1 aromatic carbocycles. The lowest BCUT2D eigenvalue weighted by molar-refractivity contribution is 0.627. The van der Waals surface area contributed by atoms with Crippen molar-refractivity contribution in [3.8, 4) is 11.3 Å². The molecule has 1 N–H and O–H groups in total. The van der Waals surface area contributed by atoms with Gasteiger partial charge in [0.1, 0.15) is 11.5 Å². The molecule has 0 fully saturated rings. The summed E-state index contributed by atoms with van der Waals surface area (Å²) in [6.07, 6.45) is 0. The van der Waals surface area contributed by atoms with E-state index in [1.807, 2.05) is 19.9 Å². The van der Waals surface area contributed by atoms with E-state index in [0.29, 0.717) is 0 Å². The fourth-order valence-corrected chi connectivity index (χ4v) is 2.08. The second-order valence-electron chi connectivity index (χ2n) is 3.51. The Morgan fingerprint density at radius 2 is 2.12 bits per heavy atom. The van der Waals surface area contributed by atoms with Crippen molar-refractivity contribution in [2.45, 2.75) is 13.8 Å². The van der Waals surface area contributed by atoms with Gasteiger partial charge in [-0.3, -0.25) is 0 Å². The zero-order valence-corrected chi connectivity index (χ0v) is 9.94. The minimum absolute atomic E-state index is 0.245. The van der Waals surface area contributed by atoms with Gasteiger partial charge in [0.2, 0.25) is 0 Å². The van der Waals surface area contributed by atoms with Crippen LogP contribution in [0.1, 0.15) is 12.5 Å². The van der Waals surface area contributed by atoms with E-state index in [9.17, 15) is 4.39 Å². The molecule has 0 unspecified atom stereocenters. The van der Waals surface area contributed by atoms with Crippen molar-refractivity contribution in [3.05, 3.63) is 29.6 Å². The summed E-state index contributed by atoms with van der Waals surface area (Å²) >= 11 is 1.13. The highest BCUT2D eigenvalue weighted by Crippen LogP contribution is 2.27. The third kappa shape index (κ3) is 2.19. The second-order valence-corrected chi connectivity index (χ2v) is 4.04. The summed E-state index contributed by atoms with van der Waals surface area (Å²) in [7, 11) is 0. The fourth-order valence-electron chi connectivity index (χ4n) is 1.53. The Kier molecular flexibility index (Phi) is 3.14. The number of rotatable bonds is 3. The Bertz CT molecular complexity index is 475. The third-order valence-corrected chi connectivity index (χ3v) is 2.68. The lowest BCUT2D eigenvalue weighted by Crippen LogP contribution is -1.98. The van der Waals surface area contributed by atoms with Crippen molar-refractivity contribution in [1.29, 1.82) is 0 Å². The molecule has 0 atom stereocenters. The van der Waals surface area contributed by atoms with Gasteiger partial charge in [-0.2, -0.15) is 8.75 Å². The fraction of sp³-hybridized carbons (Fsp3) is 0.273. The van der Waals surface area contributed by atoms with Gasteiger partial charge in [0.15, 0.2) is 5.82 Å². The topological polar surface area (TPSA) is 37.8 Å². The molecular weight excluding hydrogens is 225 g/mol. The first-order chi connectivity index (χ1) is 7.70. The highest BCUT2D eigenvalue weighted by atomic mass is 32.1. The molecule has 0 radical (unpaired) electrons. The second kappa shape index (κ2) is 4.57. The number of hydrogen-bond acceptors (Lipinski definition) is 4. The number of hydrogen-bond donors (Lipinski definition) is 1. The SMILES string of the molecule is CCNc1nsnc1-c1cc(C)cc(F)c1. The van der Waals surface area contributed by atoms with Crippen LogP contribution in [-0.4, -0.2) is 15.3 Å². The van der Waals surface area contributed by atoms with Gasteiger partial charge in [0.05, 0.1) is 11.7 Å². The van der Waals surface area contributed by atoms with Gasteiger partial charge >= 0.3 is 0 Å². The van der Waals surface area contributed by atoms with Crippen molar-refractivity contribution in [2.24, 2.45) is 0 Å². The molecule has 0 amide bonds. The first-order valence-corrected chi connectivity index (χ1v) is 5.77. The van der Waals surface area contributed by atoms with E-state index in [0.717, 1.165) is 40.9 Å². The molecule has 0 saturated heterocycles. The summed E-state index contributed by atoms with van der Waals surface area (Å²) in [6, 6.07) is 4.88. The summed E-state index contributed by atoms with van der Waals surface area (Å²) < 4.78 is 21.6. The Hall–Kier alpha value is -1.49. The number of benzene rings is 1. The first kappa shape index (κ1) is 11.0. The Balaban J connectivity index is 2.45. The average molecular weight is 237 g/mol. The van der Waals surface area contributed by atoms with Gasteiger partial charge in [-0.15, -0.1) is 0 Å². The molecule has 0 aliphatic heterocycles. The average Bonchev–Trinajstić information content (AvgIpc) is 2.65. The van der Waals surface area contributed by atoms with Gasteiger partial charge in [0, 0.05) is 12.1 Å². The van der Waals surface area contributed by atoms with Crippen LogP contribution in [0.2, 0.25) is 0 Å². The van der Waals surface area contributed by atoms with Crippen molar-refractivity contribution in [2.75, 3.05) is 11.9 Å². The van der Waals surface area contributed by atoms with Crippen molar-refractivity contribution < 1.29 is 4.39 Å². The molecule has 84 valence electrons. The Labute approximate surface area is 97.7 Å². The zero-order chi connectivity index (χ0) is 11.5. The lowest BCUT2D eigenvalue weighted by Gasteiger charge is -2.03. The number of nitrogens with zero attached hydrogens (tertiary/aromatic N) is 2. The summed E-state index contributed by atoms with van der Waals surface area (Å²) in [4.78, 5) is 0. The normalized spacial score (nSPS) is 10.4. The molecule has 1 aromatic heterocycles. The molecule has 5 heteroatoms. The van der Waals surface area contributed by atoms with Crippen molar-refractivity contribution >= 4 is 17.5 Å². The van der Waals surface area contributed by atoms with E-state index in [-0.39, 0.29) is 5.82 Å². The summed E-state index contributed by atoms with van der Waals surface area (Å²) in [5, 5.41) is 3.11. The van der Waals surface area contributed by atoms with E-state index >= 15 is 0 Å².